The van der Waals surface area contributed by atoms with E-state index in [0.29, 0.717) is 0 Å². The Bertz CT molecular complexity index is 397. The van der Waals surface area contributed by atoms with Gasteiger partial charge in [-0.3, -0.25) is 0 Å². The van der Waals surface area contributed by atoms with E-state index in [2.05, 4.69) is 6.07 Å². The number of hydrogen-bond acceptors (Lipinski definition) is 2. The van der Waals surface area contributed by atoms with Crippen molar-refractivity contribution >= 4 is 11.6 Å². The lowest BCUT2D eigenvalue weighted by atomic mass is 9.83. The van der Waals surface area contributed by atoms with E-state index in [0.717, 1.165) is 30.7 Å². The van der Waals surface area contributed by atoms with Gasteiger partial charge in [0, 0.05) is 5.02 Å². The normalized spacial score (nSPS) is 37.6. The van der Waals surface area contributed by atoms with Crippen molar-refractivity contribution in [3.8, 4) is 0 Å². The minimum absolute atomic E-state index is 0.00388. The molecule has 3 rings (SSSR count). The van der Waals surface area contributed by atoms with Crippen LogP contribution in [-0.2, 0) is 4.74 Å². The van der Waals surface area contributed by atoms with Crippen LogP contribution in [0.3, 0.4) is 0 Å². The number of halogens is 1. The molecule has 1 aromatic rings. The predicted octanol–water partition coefficient (Wildman–Crippen LogP) is 3.09. The fourth-order valence-electron chi connectivity index (χ4n) is 2.71. The Balaban J connectivity index is 1.76. The maximum atomic E-state index is 9.49. The van der Waals surface area contributed by atoms with Crippen molar-refractivity contribution in [3.05, 3.63) is 34.9 Å². The fraction of sp³-hybridized carbons (Fsp3) is 0.538. The van der Waals surface area contributed by atoms with Gasteiger partial charge in [0.1, 0.15) is 6.10 Å². The highest BCUT2D eigenvalue weighted by atomic mass is 35.5. The van der Waals surface area contributed by atoms with E-state index in [9.17, 15) is 5.11 Å². The molecule has 1 atom stereocenters. The van der Waals surface area contributed by atoms with Gasteiger partial charge in [-0.1, -0.05) is 23.7 Å². The van der Waals surface area contributed by atoms with Gasteiger partial charge in [0.2, 0.25) is 0 Å². The first-order valence-corrected chi connectivity index (χ1v) is 6.19. The summed E-state index contributed by atoms with van der Waals surface area (Å²) >= 11 is 5.97. The minimum atomic E-state index is -0.130. The Morgan fingerprint density at radius 3 is 2.75 bits per heavy atom. The molecule has 1 unspecified atom stereocenters. The van der Waals surface area contributed by atoms with Crippen LogP contribution in [0.15, 0.2) is 24.3 Å². The van der Waals surface area contributed by atoms with Gasteiger partial charge in [-0.05, 0) is 43.4 Å². The van der Waals surface area contributed by atoms with Crippen LogP contribution in [0, 0.1) is 0 Å². The Hall–Kier alpha value is -0.570. The van der Waals surface area contributed by atoms with Crippen LogP contribution < -0.4 is 0 Å². The molecule has 1 aromatic carbocycles. The number of benzene rings is 1. The van der Waals surface area contributed by atoms with Crippen molar-refractivity contribution in [2.75, 3.05) is 0 Å². The smallest absolute Gasteiger partial charge is 0.112 e. The van der Waals surface area contributed by atoms with E-state index in [1.807, 2.05) is 18.2 Å². The molecule has 2 fully saturated rings. The molecule has 0 aromatic heterocycles. The number of rotatable bonds is 1. The second-order valence-corrected chi connectivity index (χ2v) is 5.29. The molecule has 1 N–H and O–H groups in total. The van der Waals surface area contributed by atoms with Gasteiger partial charge in [-0.25, -0.2) is 0 Å². The lowest BCUT2D eigenvalue weighted by molar-refractivity contribution is 0.0921. The summed E-state index contributed by atoms with van der Waals surface area (Å²) in [6.45, 7) is 0. The van der Waals surface area contributed by atoms with Gasteiger partial charge < -0.3 is 9.84 Å². The van der Waals surface area contributed by atoms with E-state index in [1.54, 1.807) is 0 Å². The Labute approximate surface area is 100 Å². The Kier molecular flexibility index (Phi) is 2.46. The largest absolute Gasteiger partial charge is 0.393 e. The topological polar surface area (TPSA) is 32.8 Å². The van der Waals surface area contributed by atoms with Crippen molar-refractivity contribution in [3.63, 3.8) is 0 Å². The number of epoxide rings is 1. The Morgan fingerprint density at radius 2 is 2.06 bits per heavy atom. The zero-order valence-corrected chi connectivity index (χ0v) is 9.78. The van der Waals surface area contributed by atoms with Crippen LogP contribution in [0.2, 0.25) is 5.02 Å². The summed E-state index contributed by atoms with van der Waals surface area (Å²) in [5.41, 5.74) is 1.17. The molecular weight excluding hydrogens is 224 g/mol. The van der Waals surface area contributed by atoms with Gasteiger partial charge in [-0.15, -0.1) is 0 Å². The average molecular weight is 239 g/mol. The third-order valence-corrected chi connectivity index (χ3v) is 3.96. The van der Waals surface area contributed by atoms with Gasteiger partial charge in [0.15, 0.2) is 0 Å². The quantitative estimate of drug-likeness (QED) is 0.763. The summed E-state index contributed by atoms with van der Waals surface area (Å²) in [5.74, 6) is 0. The first-order valence-electron chi connectivity index (χ1n) is 5.81. The first kappa shape index (κ1) is 10.6. The molecule has 1 aliphatic carbocycles. The number of aliphatic hydroxyl groups excluding tert-OH is 1. The summed E-state index contributed by atoms with van der Waals surface area (Å²) in [6, 6.07) is 7.89. The minimum Gasteiger partial charge on any atom is -0.393 e. The third-order valence-electron chi connectivity index (χ3n) is 3.73. The zero-order valence-electron chi connectivity index (χ0n) is 9.03. The molecule has 1 saturated heterocycles. The van der Waals surface area contributed by atoms with Gasteiger partial charge in [0.25, 0.3) is 0 Å². The summed E-state index contributed by atoms with van der Waals surface area (Å²) < 4.78 is 5.87. The zero-order chi connectivity index (χ0) is 11.2. The predicted molar refractivity (Wildman–Crippen MR) is 62.5 cm³/mol. The monoisotopic (exact) mass is 238 g/mol. The van der Waals surface area contributed by atoms with E-state index < -0.39 is 0 Å². The van der Waals surface area contributed by atoms with Crippen LogP contribution in [0.4, 0.5) is 0 Å². The standard InChI is InChI=1S/C13H15ClO2/c14-10-3-1-2-9(8-10)12-13(16-12)6-4-11(15)5-7-13/h1-3,8,11-12,15H,4-7H2. The molecule has 0 bridgehead atoms. The maximum Gasteiger partial charge on any atom is 0.112 e. The van der Waals surface area contributed by atoms with Gasteiger partial charge >= 0.3 is 0 Å². The molecule has 0 amide bonds. The van der Waals surface area contributed by atoms with Crippen molar-refractivity contribution in [2.45, 2.75) is 43.5 Å². The molecular formula is C13H15ClO2. The van der Waals surface area contributed by atoms with E-state index in [4.69, 9.17) is 16.3 Å². The number of ether oxygens (including phenoxy) is 1. The number of aliphatic hydroxyl groups is 1. The van der Waals surface area contributed by atoms with Gasteiger partial charge in [0.05, 0.1) is 11.7 Å². The van der Waals surface area contributed by atoms with Crippen LogP contribution in [0.25, 0.3) is 0 Å². The lowest BCUT2D eigenvalue weighted by Crippen LogP contribution is -2.25. The second-order valence-electron chi connectivity index (χ2n) is 4.85. The Morgan fingerprint density at radius 1 is 1.31 bits per heavy atom. The molecule has 1 aliphatic heterocycles. The molecule has 1 saturated carbocycles. The van der Waals surface area contributed by atoms with Crippen molar-refractivity contribution < 1.29 is 9.84 Å². The highest BCUT2D eigenvalue weighted by Crippen LogP contribution is 2.57. The second kappa shape index (κ2) is 3.73. The van der Waals surface area contributed by atoms with Crippen LogP contribution in [0.5, 0.6) is 0 Å². The fourth-order valence-corrected chi connectivity index (χ4v) is 2.91. The van der Waals surface area contributed by atoms with E-state index >= 15 is 0 Å². The highest BCUT2D eigenvalue weighted by molar-refractivity contribution is 6.30. The summed E-state index contributed by atoms with van der Waals surface area (Å²) in [6.07, 6.45) is 3.71. The van der Waals surface area contributed by atoms with Crippen LogP contribution in [-0.4, -0.2) is 16.8 Å². The molecule has 3 heteroatoms. The molecule has 2 nitrogen and oxygen atoms in total. The van der Waals surface area contributed by atoms with E-state index in [1.165, 1.54) is 5.56 Å². The van der Waals surface area contributed by atoms with Crippen molar-refractivity contribution in [2.24, 2.45) is 0 Å². The van der Waals surface area contributed by atoms with Gasteiger partial charge in [-0.2, -0.15) is 0 Å². The van der Waals surface area contributed by atoms with Crippen LogP contribution in [0.1, 0.15) is 37.4 Å². The van der Waals surface area contributed by atoms with Crippen LogP contribution >= 0.6 is 11.6 Å². The molecule has 1 heterocycles. The van der Waals surface area contributed by atoms with Crippen molar-refractivity contribution in [1.82, 2.24) is 0 Å². The average Bonchev–Trinajstić information content (AvgIpc) is 2.98. The summed E-state index contributed by atoms with van der Waals surface area (Å²) in [7, 11) is 0. The summed E-state index contributed by atoms with van der Waals surface area (Å²) in [5, 5.41) is 10.3. The number of hydrogen-bond donors (Lipinski definition) is 1. The van der Waals surface area contributed by atoms with Crippen molar-refractivity contribution in [1.29, 1.82) is 0 Å². The highest BCUT2D eigenvalue weighted by Gasteiger charge is 2.57. The third kappa shape index (κ3) is 1.75. The SMILES string of the molecule is OC1CCC2(CC1)OC2c1cccc(Cl)c1. The molecule has 16 heavy (non-hydrogen) atoms. The molecule has 86 valence electrons. The first-order chi connectivity index (χ1) is 7.70. The van der Waals surface area contributed by atoms with E-state index in [-0.39, 0.29) is 17.8 Å². The maximum absolute atomic E-state index is 9.49. The lowest BCUT2D eigenvalue weighted by Gasteiger charge is -2.23. The molecule has 2 aliphatic rings. The molecule has 1 spiro atoms. The molecule has 0 radical (unpaired) electrons. The summed E-state index contributed by atoms with van der Waals surface area (Å²) in [4.78, 5) is 0.